The Kier molecular flexibility index (Phi) is 6.25. The number of carbonyl (C=O) groups is 1. The zero-order valence-electron chi connectivity index (χ0n) is 19.1. The molecule has 1 aliphatic heterocycles. The molecule has 1 aliphatic carbocycles. The number of benzene rings is 2. The summed E-state index contributed by atoms with van der Waals surface area (Å²) in [5, 5.41) is 0. The molecule has 3 unspecified atom stereocenters. The average Bonchev–Trinajstić information content (AvgIpc) is 3.38. The molecule has 7 heteroatoms. The van der Waals surface area contributed by atoms with E-state index in [1.54, 1.807) is 12.1 Å². The van der Waals surface area contributed by atoms with Crippen LogP contribution in [0.5, 0.6) is 17.2 Å². The lowest BCUT2D eigenvalue weighted by Crippen LogP contribution is -2.35. The molecule has 0 amide bonds. The lowest BCUT2D eigenvalue weighted by atomic mass is 9.92. The van der Waals surface area contributed by atoms with Crippen molar-refractivity contribution in [3.05, 3.63) is 47.0 Å². The Balaban J connectivity index is 1.64. The molecule has 0 N–H and O–H groups in total. The van der Waals surface area contributed by atoms with Gasteiger partial charge in [-0.25, -0.2) is 0 Å². The van der Waals surface area contributed by atoms with Gasteiger partial charge in [0.2, 0.25) is 5.75 Å². The lowest BCUT2D eigenvalue weighted by Gasteiger charge is -2.36. The van der Waals surface area contributed by atoms with E-state index in [9.17, 15) is 4.79 Å². The van der Waals surface area contributed by atoms with Crippen LogP contribution in [-0.2, 0) is 6.42 Å². The molecular formula is C25H29Cl2NO4. The Labute approximate surface area is 199 Å². The fourth-order valence-corrected chi connectivity index (χ4v) is 5.83. The summed E-state index contributed by atoms with van der Waals surface area (Å²) in [7, 11) is 6.71. The average molecular weight is 478 g/mol. The SMILES string of the molecule is CCC1CCc2cc(C3C(C(=O)c4cc(OC)c(OC)c(OC)c4)C3(Cl)Cl)ccc2N1C. The Morgan fingerprint density at radius 1 is 1.09 bits per heavy atom. The molecule has 3 atom stereocenters. The quantitative estimate of drug-likeness (QED) is 0.381. The standard InChI is InChI=1S/C25H29Cl2NO4/c1-6-17-9-7-14-11-15(8-10-18(14)28(17)2)21-22(25(21,26)27)23(29)16-12-19(30-3)24(32-5)20(13-16)31-4/h8,10-13,17,21-22H,6-7,9H2,1-5H3. The number of rotatable bonds is 7. The second-order valence-electron chi connectivity index (χ2n) is 8.51. The fraction of sp³-hybridized carbons (Fsp3) is 0.480. The number of methoxy groups -OCH3 is 3. The Hall–Kier alpha value is -2.11. The third-order valence-corrected chi connectivity index (χ3v) is 7.83. The van der Waals surface area contributed by atoms with Crippen molar-refractivity contribution in [1.29, 1.82) is 0 Å². The van der Waals surface area contributed by atoms with Crippen LogP contribution in [0.15, 0.2) is 30.3 Å². The Morgan fingerprint density at radius 3 is 2.31 bits per heavy atom. The number of anilines is 1. The first-order valence-corrected chi connectivity index (χ1v) is 11.6. The summed E-state index contributed by atoms with van der Waals surface area (Å²) in [4.78, 5) is 15.8. The summed E-state index contributed by atoms with van der Waals surface area (Å²) in [5.41, 5.74) is 3.96. The van der Waals surface area contributed by atoms with Crippen molar-refractivity contribution in [1.82, 2.24) is 0 Å². The van der Waals surface area contributed by atoms with Gasteiger partial charge in [-0.1, -0.05) is 19.1 Å². The third kappa shape index (κ3) is 3.69. The summed E-state index contributed by atoms with van der Waals surface area (Å²) in [6.45, 7) is 2.22. The van der Waals surface area contributed by atoms with Crippen molar-refractivity contribution in [2.24, 2.45) is 5.92 Å². The number of hydrogen-bond donors (Lipinski definition) is 0. The Bertz CT molecular complexity index is 1010. The highest BCUT2D eigenvalue weighted by Crippen LogP contribution is 2.66. The maximum absolute atomic E-state index is 13.4. The summed E-state index contributed by atoms with van der Waals surface area (Å²) in [5.74, 6) is 0.327. The number of alkyl halides is 2. The first-order chi connectivity index (χ1) is 15.3. The van der Waals surface area contributed by atoms with Crippen molar-refractivity contribution >= 4 is 34.7 Å². The van der Waals surface area contributed by atoms with E-state index < -0.39 is 10.3 Å². The molecule has 2 aliphatic rings. The number of ketones is 1. The Morgan fingerprint density at radius 2 is 1.75 bits per heavy atom. The largest absolute Gasteiger partial charge is 0.493 e. The van der Waals surface area contributed by atoms with Crippen LogP contribution in [0.1, 0.15) is 47.2 Å². The van der Waals surface area contributed by atoms with E-state index >= 15 is 0 Å². The zero-order chi connectivity index (χ0) is 23.2. The molecule has 0 aromatic heterocycles. The van der Waals surface area contributed by atoms with Crippen molar-refractivity contribution in [2.45, 2.75) is 42.5 Å². The minimum atomic E-state index is -1.15. The molecule has 4 rings (SSSR count). The van der Waals surface area contributed by atoms with E-state index in [1.807, 2.05) is 0 Å². The molecule has 1 fully saturated rings. The van der Waals surface area contributed by atoms with Crippen LogP contribution < -0.4 is 19.1 Å². The molecular weight excluding hydrogens is 449 g/mol. The van der Waals surface area contributed by atoms with Crippen LogP contribution >= 0.6 is 23.2 Å². The molecule has 1 heterocycles. The number of halogens is 2. The minimum absolute atomic E-state index is 0.139. The van der Waals surface area contributed by atoms with Crippen molar-refractivity contribution < 1.29 is 19.0 Å². The molecule has 0 spiro atoms. The first kappa shape index (κ1) is 23.1. The van der Waals surface area contributed by atoms with E-state index in [4.69, 9.17) is 37.4 Å². The van der Waals surface area contributed by atoms with Gasteiger partial charge in [0.05, 0.1) is 27.2 Å². The van der Waals surface area contributed by atoms with Crippen LogP contribution in [0.25, 0.3) is 0 Å². The second-order valence-corrected chi connectivity index (χ2v) is 9.95. The molecule has 2 aromatic rings. The minimum Gasteiger partial charge on any atom is -0.493 e. The predicted octanol–water partition coefficient (Wildman–Crippen LogP) is 5.64. The molecule has 32 heavy (non-hydrogen) atoms. The van der Waals surface area contributed by atoms with Gasteiger partial charge in [-0.15, -0.1) is 23.2 Å². The van der Waals surface area contributed by atoms with E-state index in [0.717, 1.165) is 24.8 Å². The number of aryl methyl sites for hydroxylation is 1. The summed E-state index contributed by atoms with van der Waals surface area (Å²) in [6, 6.07) is 10.2. The van der Waals surface area contributed by atoms with Gasteiger partial charge < -0.3 is 19.1 Å². The second kappa shape index (κ2) is 8.68. The van der Waals surface area contributed by atoms with Gasteiger partial charge in [-0.05, 0) is 48.6 Å². The highest BCUT2D eigenvalue weighted by atomic mass is 35.5. The van der Waals surface area contributed by atoms with Crippen molar-refractivity contribution in [3.63, 3.8) is 0 Å². The van der Waals surface area contributed by atoms with Gasteiger partial charge in [0.15, 0.2) is 17.3 Å². The molecule has 0 bridgehead atoms. The van der Waals surface area contributed by atoms with Gasteiger partial charge in [0.25, 0.3) is 0 Å². The normalized spacial score (nSPS) is 23.3. The van der Waals surface area contributed by atoms with E-state index in [1.165, 1.54) is 32.6 Å². The molecule has 0 saturated heterocycles. The van der Waals surface area contributed by atoms with Crippen molar-refractivity contribution in [2.75, 3.05) is 33.3 Å². The summed E-state index contributed by atoms with van der Waals surface area (Å²) in [6.07, 6.45) is 3.26. The maximum atomic E-state index is 13.4. The molecule has 2 aromatic carbocycles. The van der Waals surface area contributed by atoms with Crippen molar-refractivity contribution in [3.8, 4) is 17.2 Å². The highest BCUT2D eigenvalue weighted by molar-refractivity contribution is 6.54. The fourth-order valence-electron chi connectivity index (χ4n) is 5.00. The van der Waals surface area contributed by atoms with Crippen LogP contribution in [0.2, 0.25) is 0 Å². The highest BCUT2D eigenvalue weighted by Gasteiger charge is 2.67. The maximum Gasteiger partial charge on any atom is 0.203 e. The van der Waals surface area contributed by atoms with Gasteiger partial charge in [0.1, 0.15) is 4.33 Å². The van der Waals surface area contributed by atoms with Crippen LogP contribution in [0.4, 0.5) is 5.69 Å². The number of ether oxygens (including phenoxy) is 3. The van der Waals surface area contributed by atoms with Gasteiger partial charge in [-0.3, -0.25) is 4.79 Å². The first-order valence-electron chi connectivity index (χ1n) is 10.9. The molecule has 172 valence electrons. The number of Topliss-reactive ketones (excluding diaryl/α,β-unsaturated/α-hetero) is 1. The number of nitrogens with zero attached hydrogens (tertiary/aromatic N) is 1. The number of fused-ring (bicyclic) bond motifs is 1. The zero-order valence-corrected chi connectivity index (χ0v) is 20.6. The molecule has 5 nitrogen and oxygen atoms in total. The monoisotopic (exact) mass is 477 g/mol. The van der Waals surface area contributed by atoms with E-state index in [0.29, 0.717) is 28.9 Å². The smallest absolute Gasteiger partial charge is 0.203 e. The number of hydrogen-bond acceptors (Lipinski definition) is 5. The summed E-state index contributed by atoms with van der Waals surface area (Å²) < 4.78 is 15.0. The number of carbonyl (C=O) groups excluding carboxylic acids is 1. The van der Waals surface area contributed by atoms with Crippen LogP contribution in [-0.4, -0.2) is 44.5 Å². The van der Waals surface area contributed by atoms with Gasteiger partial charge in [-0.2, -0.15) is 0 Å². The van der Waals surface area contributed by atoms with Crippen LogP contribution in [0, 0.1) is 5.92 Å². The molecule has 1 saturated carbocycles. The topological polar surface area (TPSA) is 48.0 Å². The van der Waals surface area contributed by atoms with E-state index in [2.05, 4.69) is 37.1 Å². The third-order valence-electron chi connectivity index (χ3n) is 6.89. The summed E-state index contributed by atoms with van der Waals surface area (Å²) >= 11 is 13.3. The van der Waals surface area contributed by atoms with E-state index in [-0.39, 0.29) is 11.7 Å². The lowest BCUT2D eigenvalue weighted by molar-refractivity contribution is 0.0963. The van der Waals surface area contributed by atoms with Crippen LogP contribution in [0.3, 0.4) is 0 Å². The predicted molar refractivity (Wildman–Crippen MR) is 128 cm³/mol. The van der Waals surface area contributed by atoms with Gasteiger partial charge in [0, 0.05) is 30.3 Å². The molecule has 0 radical (unpaired) electrons. The van der Waals surface area contributed by atoms with Gasteiger partial charge >= 0.3 is 0 Å².